The van der Waals surface area contributed by atoms with Gasteiger partial charge in [0.2, 0.25) is 0 Å². The lowest BCUT2D eigenvalue weighted by Gasteiger charge is -2.09. The summed E-state index contributed by atoms with van der Waals surface area (Å²) in [5, 5.41) is 6.99. The number of hydrogen-bond acceptors (Lipinski definition) is 2. The van der Waals surface area contributed by atoms with Crippen LogP contribution < -0.4 is 0 Å². The predicted octanol–water partition coefficient (Wildman–Crippen LogP) is 2.43. The number of rotatable bonds is 2. The average molecular weight is 279 g/mol. The van der Waals surface area contributed by atoms with Crippen molar-refractivity contribution < 1.29 is 31.9 Å². The van der Waals surface area contributed by atoms with Crippen LogP contribution in [-0.2, 0) is 18.6 Å². The zero-order chi connectivity index (χ0) is 13.6. The van der Waals surface area contributed by atoms with Crippen LogP contribution in [0.1, 0.15) is 21.7 Å². The minimum absolute atomic E-state index is 0.0965. The molecule has 1 heterocycles. The van der Waals surface area contributed by atoms with Gasteiger partial charge in [-0.2, -0.15) is 27.1 Å². The Balaban J connectivity index is 3.64. The lowest BCUT2D eigenvalue weighted by atomic mass is 10.1. The maximum absolute atomic E-state index is 12.8. The van der Waals surface area contributed by atoms with E-state index in [2.05, 4.69) is 16.7 Å². The Hall–Kier alpha value is -1.38. The van der Waals surface area contributed by atoms with Gasteiger partial charge in [-0.05, 0) is 11.6 Å². The van der Waals surface area contributed by atoms with E-state index in [-0.39, 0.29) is 4.68 Å². The van der Waals surface area contributed by atoms with Gasteiger partial charge >= 0.3 is 17.5 Å². The van der Waals surface area contributed by atoms with E-state index in [1.54, 1.807) is 0 Å². The third-order valence-corrected chi connectivity index (χ3v) is 1.98. The Morgan fingerprint density at radius 3 is 2.12 bits per heavy atom. The van der Waals surface area contributed by atoms with E-state index in [0.717, 1.165) is 7.05 Å². The van der Waals surface area contributed by atoms with E-state index in [4.69, 9.17) is 5.11 Å². The van der Waals surface area contributed by atoms with E-state index in [9.17, 15) is 26.7 Å². The Morgan fingerprint density at radius 2 is 1.82 bits per heavy atom. The van der Waals surface area contributed by atoms with Crippen LogP contribution in [0, 0.1) is 0 Å². The SMILES string of the molecule is Cn1nc(C(F)(F)F)c(C(=O)O)c1C(F)(F)Cl. The number of carbonyl (C=O) groups is 1. The maximum atomic E-state index is 12.8. The highest BCUT2D eigenvalue weighted by Crippen LogP contribution is 2.40. The van der Waals surface area contributed by atoms with E-state index in [1.807, 2.05) is 0 Å². The number of aromatic carboxylic acids is 1. The van der Waals surface area contributed by atoms with Crippen molar-refractivity contribution in [2.45, 2.75) is 11.6 Å². The molecule has 0 spiro atoms. The molecule has 0 aliphatic heterocycles. The molecule has 0 bridgehead atoms. The third kappa shape index (κ3) is 2.48. The molecule has 0 atom stereocenters. The fraction of sp³-hybridized carbons (Fsp3) is 0.429. The lowest BCUT2D eigenvalue weighted by molar-refractivity contribution is -0.141. The van der Waals surface area contributed by atoms with Gasteiger partial charge in [0.15, 0.2) is 5.69 Å². The van der Waals surface area contributed by atoms with Crippen LogP contribution in [0.25, 0.3) is 0 Å². The summed E-state index contributed by atoms with van der Waals surface area (Å²) >= 11 is 4.55. The third-order valence-electron chi connectivity index (χ3n) is 1.80. The number of nitrogens with zero attached hydrogens (tertiary/aromatic N) is 2. The molecule has 4 nitrogen and oxygen atoms in total. The Bertz CT molecular complexity index is 462. The molecular formula is C7H4ClF5N2O2. The summed E-state index contributed by atoms with van der Waals surface area (Å²) in [6.07, 6.45) is -5.16. The molecule has 0 unspecified atom stereocenters. The lowest BCUT2D eigenvalue weighted by Crippen LogP contribution is -2.17. The molecule has 1 aromatic heterocycles. The number of alkyl halides is 6. The van der Waals surface area contributed by atoms with Crippen molar-refractivity contribution in [2.75, 3.05) is 0 Å². The largest absolute Gasteiger partial charge is 0.478 e. The number of hydrogen-bond donors (Lipinski definition) is 1. The van der Waals surface area contributed by atoms with Gasteiger partial charge in [-0.25, -0.2) is 4.79 Å². The minimum Gasteiger partial charge on any atom is -0.478 e. The Morgan fingerprint density at radius 1 is 1.35 bits per heavy atom. The summed E-state index contributed by atoms with van der Waals surface area (Å²) in [7, 11) is 0.743. The minimum atomic E-state index is -5.16. The van der Waals surface area contributed by atoms with Gasteiger partial charge in [-0.15, -0.1) is 0 Å². The Labute approximate surface area is 95.6 Å². The molecule has 0 fully saturated rings. The topological polar surface area (TPSA) is 55.1 Å². The number of halogens is 6. The highest BCUT2D eigenvalue weighted by atomic mass is 35.5. The molecule has 0 aromatic carbocycles. The van der Waals surface area contributed by atoms with Gasteiger partial charge in [0.25, 0.3) is 0 Å². The zero-order valence-corrected chi connectivity index (χ0v) is 8.77. The van der Waals surface area contributed by atoms with Crippen molar-refractivity contribution in [2.24, 2.45) is 7.05 Å². The van der Waals surface area contributed by atoms with Crippen molar-refractivity contribution in [3.05, 3.63) is 17.0 Å². The summed E-state index contributed by atoms with van der Waals surface area (Å²) in [5.74, 6) is -2.18. The van der Waals surface area contributed by atoms with Crippen LogP contribution in [-0.4, -0.2) is 20.9 Å². The van der Waals surface area contributed by atoms with Crippen molar-refractivity contribution in [1.82, 2.24) is 9.78 Å². The highest BCUT2D eigenvalue weighted by Gasteiger charge is 2.47. The van der Waals surface area contributed by atoms with Crippen molar-refractivity contribution in [3.8, 4) is 0 Å². The first kappa shape index (κ1) is 13.7. The van der Waals surface area contributed by atoms with Gasteiger partial charge in [0.1, 0.15) is 11.3 Å². The summed E-state index contributed by atoms with van der Waals surface area (Å²) in [5.41, 5.74) is -5.08. The highest BCUT2D eigenvalue weighted by molar-refractivity contribution is 6.22. The van der Waals surface area contributed by atoms with Gasteiger partial charge < -0.3 is 5.11 Å². The maximum Gasteiger partial charge on any atom is 0.436 e. The van der Waals surface area contributed by atoms with Gasteiger partial charge in [-0.1, -0.05) is 0 Å². The summed E-state index contributed by atoms with van der Waals surface area (Å²) < 4.78 is 62.8. The summed E-state index contributed by atoms with van der Waals surface area (Å²) in [4.78, 5) is 10.6. The van der Waals surface area contributed by atoms with Crippen LogP contribution in [0.5, 0.6) is 0 Å². The number of carboxylic acid groups (broad SMARTS) is 1. The van der Waals surface area contributed by atoms with Crippen molar-refractivity contribution in [1.29, 1.82) is 0 Å². The summed E-state index contributed by atoms with van der Waals surface area (Å²) in [6.45, 7) is 0. The molecule has 0 amide bonds. The Kier molecular flexibility index (Phi) is 3.08. The van der Waals surface area contributed by atoms with Gasteiger partial charge in [0, 0.05) is 7.05 Å². The number of carboxylic acids is 1. The second-order valence-electron chi connectivity index (χ2n) is 3.00. The molecular weight excluding hydrogens is 275 g/mol. The molecule has 1 N–H and O–H groups in total. The molecule has 1 aromatic rings. The van der Waals surface area contributed by atoms with Crippen LogP contribution in [0.3, 0.4) is 0 Å². The monoisotopic (exact) mass is 278 g/mol. The van der Waals surface area contributed by atoms with Gasteiger partial charge in [-0.3, -0.25) is 4.68 Å². The first-order valence-corrected chi connectivity index (χ1v) is 4.28. The molecule has 0 saturated heterocycles. The molecule has 1 rings (SSSR count). The van der Waals surface area contributed by atoms with Crippen molar-refractivity contribution >= 4 is 17.6 Å². The van der Waals surface area contributed by atoms with E-state index >= 15 is 0 Å². The quantitative estimate of drug-likeness (QED) is 0.668. The second kappa shape index (κ2) is 3.83. The molecule has 10 heteroatoms. The van der Waals surface area contributed by atoms with E-state index in [0.29, 0.717) is 0 Å². The molecule has 0 radical (unpaired) electrons. The van der Waals surface area contributed by atoms with E-state index < -0.39 is 34.5 Å². The molecule has 17 heavy (non-hydrogen) atoms. The molecule has 96 valence electrons. The first-order valence-electron chi connectivity index (χ1n) is 3.91. The van der Waals surface area contributed by atoms with E-state index in [1.165, 1.54) is 0 Å². The predicted molar refractivity (Wildman–Crippen MR) is 44.9 cm³/mol. The molecule has 0 aliphatic rings. The summed E-state index contributed by atoms with van der Waals surface area (Å²) in [6, 6.07) is 0. The van der Waals surface area contributed by atoms with Crippen LogP contribution in [0.2, 0.25) is 0 Å². The fourth-order valence-electron chi connectivity index (χ4n) is 1.25. The zero-order valence-electron chi connectivity index (χ0n) is 8.02. The average Bonchev–Trinajstić information content (AvgIpc) is 2.40. The molecule has 0 saturated carbocycles. The van der Waals surface area contributed by atoms with Gasteiger partial charge in [0.05, 0.1) is 0 Å². The molecule has 0 aliphatic carbocycles. The fourth-order valence-corrected chi connectivity index (χ4v) is 1.47. The smallest absolute Gasteiger partial charge is 0.436 e. The first-order chi connectivity index (χ1) is 7.46. The van der Waals surface area contributed by atoms with Crippen LogP contribution >= 0.6 is 11.6 Å². The number of aryl methyl sites for hydroxylation is 1. The number of aromatic nitrogens is 2. The standard InChI is InChI=1S/C7H4ClF5N2O2/c1-15-4(6(8,9)10)2(5(16)17)3(14-15)7(11,12)13/h1H3,(H,16,17). The second-order valence-corrected chi connectivity index (χ2v) is 3.47. The normalized spacial score (nSPS) is 12.9. The van der Waals surface area contributed by atoms with Crippen LogP contribution in [0.15, 0.2) is 0 Å². The van der Waals surface area contributed by atoms with Crippen LogP contribution in [0.4, 0.5) is 22.0 Å². The van der Waals surface area contributed by atoms with Crippen molar-refractivity contribution in [3.63, 3.8) is 0 Å².